The van der Waals surface area contributed by atoms with Crippen LogP contribution < -0.4 is 0 Å². The summed E-state index contributed by atoms with van der Waals surface area (Å²) in [5, 5.41) is 9.06. The molecule has 1 fully saturated rings. The number of hydrazone groups is 1. The van der Waals surface area contributed by atoms with E-state index in [0.717, 1.165) is 45.1 Å². The quantitative estimate of drug-likeness (QED) is 0.564. The van der Waals surface area contributed by atoms with Crippen molar-refractivity contribution >= 4 is 74.6 Å². The molecule has 2 aliphatic rings. The van der Waals surface area contributed by atoms with Gasteiger partial charge in [-0.25, -0.2) is 5.01 Å². The molecule has 4 nitrogen and oxygen atoms in total. The van der Waals surface area contributed by atoms with Gasteiger partial charge < -0.3 is 4.90 Å². The van der Waals surface area contributed by atoms with Crippen molar-refractivity contribution in [3.63, 3.8) is 0 Å². The maximum absolute atomic E-state index is 13.1. The van der Waals surface area contributed by atoms with Crippen molar-refractivity contribution in [1.29, 1.82) is 0 Å². The number of rotatable bonds is 4. The third-order valence-electron chi connectivity index (χ3n) is 4.81. The molecule has 0 N–H and O–H groups in total. The van der Waals surface area contributed by atoms with Crippen molar-refractivity contribution in [3.05, 3.63) is 57.2 Å². The zero-order chi connectivity index (χ0) is 20.2. The first-order valence-corrected chi connectivity index (χ1v) is 13.1. The van der Waals surface area contributed by atoms with Crippen molar-refractivity contribution in [1.82, 2.24) is 9.91 Å². The van der Waals surface area contributed by atoms with Crippen molar-refractivity contribution in [2.45, 2.75) is 12.5 Å². The molecular weight excluding hydrogens is 462 g/mol. The molecule has 0 spiro atoms. The van der Waals surface area contributed by atoms with Crippen LogP contribution in [0, 0.1) is 0 Å². The van der Waals surface area contributed by atoms with Gasteiger partial charge in [-0.15, -0.1) is 11.3 Å². The molecular formula is C20H20ClN3OS4. The van der Waals surface area contributed by atoms with E-state index in [4.69, 9.17) is 28.9 Å². The maximum Gasteiger partial charge on any atom is 0.253 e. The van der Waals surface area contributed by atoms with E-state index in [1.54, 1.807) is 16.3 Å². The lowest BCUT2D eigenvalue weighted by Gasteiger charge is -2.28. The number of nitrogens with zero attached hydrogens (tertiary/aromatic N) is 3. The number of halogens is 1. The average Bonchev–Trinajstić information content (AvgIpc) is 3.43. The molecule has 1 amide bonds. The molecule has 9 heteroatoms. The number of benzene rings is 1. The number of amides is 1. The van der Waals surface area contributed by atoms with Crippen LogP contribution in [0.3, 0.4) is 0 Å². The van der Waals surface area contributed by atoms with E-state index in [1.165, 1.54) is 11.8 Å². The summed E-state index contributed by atoms with van der Waals surface area (Å²) in [5.41, 5.74) is 1.99. The highest BCUT2D eigenvalue weighted by Crippen LogP contribution is 2.34. The molecule has 0 bridgehead atoms. The number of carbonyl (C=O) groups is 1. The van der Waals surface area contributed by atoms with Crippen LogP contribution >= 0.6 is 58.7 Å². The van der Waals surface area contributed by atoms with E-state index in [0.29, 0.717) is 17.2 Å². The van der Waals surface area contributed by atoms with Crippen LogP contribution in [0.25, 0.3) is 0 Å². The van der Waals surface area contributed by atoms with Gasteiger partial charge >= 0.3 is 0 Å². The van der Waals surface area contributed by atoms with Gasteiger partial charge in [0.1, 0.15) is 4.32 Å². The van der Waals surface area contributed by atoms with Gasteiger partial charge in [-0.2, -0.15) is 16.9 Å². The third kappa shape index (κ3) is 5.17. The van der Waals surface area contributed by atoms with E-state index >= 15 is 0 Å². The zero-order valence-corrected chi connectivity index (χ0v) is 19.6. The lowest BCUT2D eigenvalue weighted by Crippen LogP contribution is -2.36. The molecule has 0 aliphatic carbocycles. The summed E-state index contributed by atoms with van der Waals surface area (Å²) >= 11 is 16.6. The van der Waals surface area contributed by atoms with E-state index in [-0.39, 0.29) is 11.9 Å². The number of thiocarbonyl (C=S) groups is 1. The first kappa shape index (κ1) is 21.2. The Balaban J connectivity index is 1.48. The molecule has 3 heterocycles. The first-order chi connectivity index (χ1) is 14.1. The van der Waals surface area contributed by atoms with Gasteiger partial charge in [-0.3, -0.25) is 4.79 Å². The highest BCUT2D eigenvalue weighted by Gasteiger charge is 2.33. The van der Waals surface area contributed by atoms with Crippen molar-refractivity contribution in [2.24, 2.45) is 5.10 Å². The Morgan fingerprint density at radius 3 is 2.69 bits per heavy atom. The minimum absolute atomic E-state index is 0.0183. The molecule has 2 aliphatic heterocycles. The Hall–Kier alpha value is -1.06. The van der Waals surface area contributed by atoms with Gasteiger partial charge in [0.2, 0.25) is 0 Å². The fraction of sp³-hybridized carbons (Fsp3) is 0.350. The molecule has 4 rings (SSSR count). The zero-order valence-electron chi connectivity index (χ0n) is 15.6. The number of thioether (sulfide) groups is 2. The molecule has 1 saturated heterocycles. The normalized spacial score (nSPS) is 19.3. The number of thiophene rings is 1. The second kappa shape index (κ2) is 9.83. The lowest BCUT2D eigenvalue weighted by molar-refractivity contribution is -0.130. The van der Waals surface area contributed by atoms with E-state index in [2.05, 4.69) is 11.0 Å². The summed E-state index contributed by atoms with van der Waals surface area (Å²) in [5.74, 6) is 2.46. The summed E-state index contributed by atoms with van der Waals surface area (Å²) in [6.45, 7) is 1.92. The molecule has 1 aromatic carbocycles. The monoisotopic (exact) mass is 481 g/mol. The molecule has 0 unspecified atom stereocenters. The Labute approximate surface area is 193 Å². The van der Waals surface area contributed by atoms with Crippen LogP contribution in [-0.4, -0.2) is 56.2 Å². The van der Waals surface area contributed by atoms with Crippen LogP contribution in [0.2, 0.25) is 5.02 Å². The predicted molar refractivity (Wildman–Crippen MR) is 130 cm³/mol. The second-order valence-corrected chi connectivity index (χ2v) is 10.9. The van der Waals surface area contributed by atoms with Gasteiger partial charge in [0, 0.05) is 36.0 Å². The fourth-order valence-corrected chi connectivity index (χ4v) is 6.16. The van der Waals surface area contributed by atoms with Gasteiger partial charge in [-0.1, -0.05) is 53.8 Å². The van der Waals surface area contributed by atoms with Crippen molar-refractivity contribution < 1.29 is 4.79 Å². The molecule has 0 radical (unpaired) electrons. The fourth-order valence-electron chi connectivity index (χ4n) is 3.30. The highest BCUT2D eigenvalue weighted by atomic mass is 35.5. The molecule has 152 valence electrons. The maximum atomic E-state index is 13.1. The summed E-state index contributed by atoms with van der Waals surface area (Å²) in [7, 11) is 0. The van der Waals surface area contributed by atoms with E-state index in [9.17, 15) is 4.79 Å². The summed E-state index contributed by atoms with van der Waals surface area (Å²) < 4.78 is 0.809. The second-order valence-electron chi connectivity index (χ2n) is 6.69. The summed E-state index contributed by atoms with van der Waals surface area (Å²) in [4.78, 5) is 16.4. The van der Waals surface area contributed by atoms with Crippen LogP contribution in [0.5, 0.6) is 0 Å². The van der Waals surface area contributed by atoms with Gasteiger partial charge in [0.15, 0.2) is 0 Å². The molecule has 1 atom stereocenters. The Bertz CT molecular complexity index is 895. The van der Waals surface area contributed by atoms with Crippen LogP contribution in [0.1, 0.15) is 22.9 Å². The smallest absolute Gasteiger partial charge is 0.253 e. The average molecular weight is 482 g/mol. The predicted octanol–water partition coefficient (Wildman–Crippen LogP) is 5.15. The number of hydrogen-bond donors (Lipinski definition) is 0. The summed E-state index contributed by atoms with van der Waals surface area (Å²) in [6, 6.07) is 11.6. The standard InChI is InChI=1S/C20H20ClN3OS4/c21-15-5-3-14(4-6-15)17-12-16(18-2-1-9-28-18)22-24(17)19(25)13-29-20(26)23-7-10-27-11-8-23/h1-6,9,17H,7-8,10-13H2/t17-/m0/s1. The lowest BCUT2D eigenvalue weighted by atomic mass is 10.0. The van der Waals surface area contributed by atoms with Crippen LogP contribution in [0.4, 0.5) is 0 Å². The van der Waals surface area contributed by atoms with E-state index in [1.807, 2.05) is 47.5 Å². The van der Waals surface area contributed by atoms with Crippen LogP contribution in [0.15, 0.2) is 46.9 Å². The largest absolute Gasteiger partial charge is 0.356 e. The minimum atomic E-state index is -0.113. The molecule has 0 saturated carbocycles. The Morgan fingerprint density at radius 2 is 2.00 bits per heavy atom. The van der Waals surface area contributed by atoms with Crippen molar-refractivity contribution in [3.8, 4) is 0 Å². The minimum Gasteiger partial charge on any atom is -0.356 e. The topological polar surface area (TPSA) is 35.9 Å². The first-order valence-electron chi connectivity index (χ1n) is 9.30. The van der Waals surface area contributed by atoms with Crippen LogP contribution in [-0.2, 0) is 4.79 Å². The van der Waals surface area contributed by atoms with E-state index < -0.39 is 0 Å². The van der Waals surface area contributed by atoms with Gasteiger partial charge in [0.05, 0.1) is 22.4 Å². The SMILES string of the molecule is O=C(CSC(=S)N1CCSCC1)N1N=C(c2cccs2)C[C@H]1c1ccc(Cl)cc1. The third-order valence-corrected chi connectivity index (χ3v) is 8.44. The summed E-state index contributed by atoms with van der Waals surface area (Å²) in [6.07, 6.45) is 0.701. The molecule has 1 aromatic heterocycles. The molecule has 2 aromatic rings. The Morgan fingerprint density at radius 1 is 1.24 bits per heavy atom. The van der Waals surface area contributed by atoms with Crippen molar-refractivity contribution in [2.75, 3.05) is 30.3 Å². The van der Waals surface area contributed by atoms with Gasteiger partial charge in [-0.05, 0) is 29.1 Å². The highest BCUT2D eigenvalue weighted by molar-refractivity contribution is 8.23. The number of carbonyl (C=O) groups excluding carboxylic acids is 1. The number of hydrogen-bond acceptors (Lipinski definition) is 6. The molecule has 29 heavy (non-hydrogen) atoms. The Kier molecular flexibility index (Phi) is 7.18. The van der Waals surface area contributed by atoms with Gasteiger partial charge in [0.25, 0.3) is 5.91 Å².